The summed E-state index contributed by atoms with van der Waals surface area (Å²) in [6.07, 6.45) is -4.34. The topological polar surface area (TPSA) is 0 Å². The van der Waals surface area contributed by atoms with Gasteiger partial charge in [-0.2, -0.15) is 13.2 Å². The van der Waals surface area contributed by atoms with Crippen LogP contribution in [0, 0.1) is 6.92 Å². The van der Waals surface area contributed by atoms with Gasteiger partial charge in [-0.15, -0.1) is 0 Å². The number of hydrogen-bond acceptors (Lipinski definition) is 0. The molecule has 0 heterocycles. The molecule has 0 nitrogen and oxygen atoms in total. The minimum absolute atomic E-state index is 0.0394. The van der Waals surface area contributed by atoms with E-state index in [1.807, 2.05) is 0 Å². The lowest BCUT2D eigenvalue weighted by molar-refractivity contribution is -0.138. The van der Waals surface area contributed by atoms with Crippen molar-refractivity contribution in [2.45, 2.75) is 13.1 Å². The summed E-state index contributed by atoms with van der Waals surface area (Å²) < 4.78 is 38.7. The zero-order valence-corrected chi connectivity index (χ0v) is 11.6. The third-order valence-electron chi connectivity index (χ3n) is 1.69. The van der Waals surface area contributed by atoms with E-state index < -0.39 is 11.7 Å². The molecule has 0 aliphatic rings. The fraction of sp³-hybridized carbons (Fsp3) is 0.250. The maximum absolute atomic E-state index is 12.6. The summed E-state index contributed by atoms with van der Waals surface area (Å²) in [4.78, 5) is 0. The quantitative estimate of drug-likeness (QED) is 0.522. The lowest BCUT2D eigenvalue weighted by atomic mass is 10.1. The van der Waals surface area contributed by atoms with E-state index in [1.54, 1.807) is 0 Å². The summed E-state index contributed by atoms with van der Waals surface area (Å²) in [6, 6.07) is 1.37. The molecule has 14 heavy (non-hydrogen) atoms. The van der Waals surface area contributed by atoms with Crippen molar-refractivity contribution in [3.8, 4) is 0 Å². The van der Waals surface area contributed by atoms with Crippen molar-refractivity contribution in [1.29, 1.82) is 0 Å². The van der Waals surface area contributed by atoms with Crippen LogP contribution in [0.2, 0.25) is 0 Å². The van der Waals surface area contributed by atoms with Crippen LogP contribution in [-0.2, 0) is 6.18 Å². The van der Waals surface area contributed by atoms with Crippen molar-refractivity contribution >= 4 is 47.8 Å². The van der Waals surface area contributed by atoms with Crippen LogP contribution in [0.3, 0.4) is 0 Å². The van der Waals surface area contributed by atoms with E-state index >= 15 is 0 Å². The molecular formula is C8H4Br3F3. The van der Waals surface area contributed by atoms with Gasteiger partial charge in [0.2, 0.25) is 0 Å². The Morgan fingerprint density at radius 3 is 2.00 bits per heavy atom. The summed E-state index contributed by atoms with van der Waals surface area (Å²) in [5, 5.41) is 0. The second-order valence-electron chi connectivity index (χ2n) is 2.65. The van der Waals surface area contributed by atoms with E-state index in [0.717, 1.165) is 0 Å². The highest BCUT2D eigenvalue weighted by Gasteiger charge is 2.35. The average Bonchev–Trinajstić information content (AvgIpc) is 1.97. The minimum Gasteiger partial charge on any atom is -0.166 e. The fourth-order valence-electron chi connectivity index (χ4n) is 1.06. The Bertz CT molecular complexity index is 371. The molecule has 1 rings (SSSR count). The second kappa shape index (κ2) is 4.14. The maximum Gasteiger partial charge on any atom is 0.417 e. The monoisotopic (exact) mass is 394 g/mol. The summed E-state index contributed by atoms with van der Waals surface area (Å²) in [5.41, 5.74) is -0.480. The molecule has 0 radical (unpaired) electrons. The first-order chi connectivity index (χ1) is 6.25. The molecule has 0 saturated heterocycles. The van der Waals surface area contributed by atoms with Gasteiger partial charge in [0.1, 0.15) is 0 Å². The van der Waals surface area contributed by atoms with Crippen molar-refractivity contribution in [3.63, 3.8) is 0 Å². The van der Waals surface area contributed by atoms with Gasteiger partial charge >= 0.3 is 6.18 Å². The van der Waals surface area contributed by atoms with Crippen LogP contribution in [-0.4, -0.2) is 0 Å². The third-order valence-corrected chi connectivity index (χ3v) is 4.49. The lowest BCUT2D eigenvalue weighted by Gasteiger charge is -2.14. The SMILES string of the molecule is Cc1c(Br)c(Br)cc(Br)c1C(F)(F)F. The zero-order valence-electron chi connectivity index (χ0n) is 6.85. The molecule has 1 aromatic carbocycles. The Morgan fingerprint density at radius 1 is 1.07 bits per heavy atom. The molecule has 0 saturated carbocycles. The molecule has 0 bridgehead atoms. The standard InChI is InChI=1S/C8H4Br3F3/c1-3-6(8(12,13)14)4(9)2-5(10)7(3)11/h2H,1H3. The molecular weight excluding hydrogens is 393 g/mol. The van der Waals surface area contributed by atoms with Crippen LogP contribution >= 0.6 is 47.8 Å². The van der Waals surface area contributed by atoms with Gasteiger partial charge in [-0.1, -0.05) is 15.9 Å². The van der Waals surface area contributed by atoms with Gasteiger partial charge < -0.3 is 0 Å². The van der Waals surface area contributed by atoms with Gasteiger partial charge in [-0.05, 0) is 50.4 Å². The highest BCUT2D eigenvalue weighted by atomic mass is 79.9. The van der Waals surface area contributed by atoms with Crippen LogP contribution in [0.25, 0.3) is 0 Å². The number of alkyl halides is 3. The zero-order chi connectivity index (χ0) is 11.1. The van der Waals surface area contributed by atoms with Crippen molar-refractivity contribution in [1.82, 2.24) is 0 Å². The Balaban J connectivity index is 3.53. The average molecular weight is 397 g/mol. The van der Waals surface area contributed by atoms with E-state index in [2.05, 4.69) is 47.8 Å². The van der Waals surface area contributed by atoms with Crippen LogP contribution in [0.4, 0.5) is 13.2 Å². The molecule has 0 fully saturated rings. The summed E-state index contributed by atoms with van der Waals surface area (Å²) >= 11 is 9.14. The molecule has 0 atom stereocenters. The first-order valence-electron chi connectivity index (χ1n) is 3.46. The third kappa shape index (κ3) is 2.33. The molecule has 6 heteroatoms. The van der Waals surface area contributed by atoms with E-state index in [4.69, 9.17) is 0 Å². The Labute approximate surface area is 104 Å². The molecule has 1 aromatic rings. The van der Waals surface area contributed by atoms with Crippen LogP contribution in [0.5, 0.6) is 0 Å². The molecule has 0 aliphatic heterocycles. The smallest absolute Gasteiger partial charge is 0.166 e. The lowest BCUT2D eigenvalue weighted by Crippen LogP contribution is -2.09. The Hall–Kier alpha value is 0.450. The van der Waals surface area contributed by atoms with Gasteiger partial charge in [0, 0.05) is 13.4 Å². The van der Waals surface area contributed by atoms with E-state index in [0.29, 0.717) is 8.95 Å². The fourth-order valence-corrected chi connectivity index (χ4v) is 2.96. The largest absolute Gasteiger partial charge is 0.417 e. The van der Waals surface area contributed by atoms with E-state index in [1.165, 1.54) is 13.0 Å². The number of halogens is 6. The normalized spacial score (nSPS) is 11.9. The number of hydrogen-bond donors (Lipinski definition) is 0. The number of benzene rings is 1. The van der Waals surface area contributed by atoms with Crippen molar-refractivity contribution < 1.29 is 13.2 Å². The summed E-state index contributed by atoms with van der Waals surface area (Å²) in [7, 11) is 0. The maximum atomic E-state index is 12.6. The highest BCUT2D eigenvalue weighted by Crippen LogP contribution is 2.42. The molecule has 0 aliphatic carbocycles. The summed E-state index contributed by atoms with van der Waals surface area (Å²) in [5.74, 6) is 0. The minimum atomic E-state index is -4.34. The first-order valence-corrected chi connectivity index (χ1v) is 5.84. The van der Waals surface area contributed by atoms with Gasteiger partial charge in [-0.3, -0.25) is 0 Å². The molecule has 0 amide bonds. The Kier molecular flexibility index (Phi) is 3.70. The second-order valence-corrected chi connectivity index (χ2v) is 5.15. The van der Waals surface area contributed by atoms with E-state index in [9.17, 15) is 13.2 Å². The van der Waals surface area contributed by atoms with Crippen molar-refractivity contribution in [2.24, 2.45) is 0 Å². The van der Waals surface area contributed by atoms with Gasteiger partial charge in [-0.25, -0.2) is 0 Å². The first kappa shape index (κ1) is 12.5. The van der Waals surface area contributed by atoms with Crippen molar-refractivity contribution in [3.05, 3.63) is 30.6 Å². The van der Waals surface area contributed by atoms with Gasteiger partial charge in [0.15, 0.2) is 0 Å². The molecule has 0 N–H and O–H groups in total. The summed E-state index contributed by atoms with van der Waals surface area (Å²) in [6.45, 7) is 1.42. The molecule has 78 valence electrons. The van der Waals surface area contributed by atoms with Crippen LogP contribution < -0.4 is 0 Å². The van der Waals surface area contributed by atoms with Crippen LogP contribution in [0.15, 0.2) is 19.5 Å². The molecule has 0 spiro atoms. The predicted molar refractivity (Wildman–Crippen MR) is 59.3 cm³/mol. The van der Waals surface area contributed by atoms with Crippen LogP contribution in [0.1, 0.15) is 11.1 Å². The highest BCUT2D eigenvalue weighted by molar-refractivity contribution is 9.13. The molecule has 0 unspecified atom stereocenters. The predicted octanol–water partition coefficient (Wildman–Crippen LogP) is 5.30. The van der Waals surface area contributed by atoms with Crippen molar-refractivity contribution in [2.75, 3.05) is 0 Å². The molecule has 0 aromatic heterocycles. The number of rotatable bonds is 0. The van der Waals surface area contributed by atoms with E-state index in [-0.39, 0.29) is 10.0 Å². The van der Waals surface area contributed by atoms with Gasteiger partial charge in [0.25, 0.3) is 0 Å². The Morgan fingerprint density at radius 2 is 1.57 bits per heavy atom. The van der Waals surface area contributed by atoms with Gasteiger partial charge in [0.05, 0.1) is 5.56 Å².